The summed E-state index contributed by atoms with van der Waals surface area (Å²) in [4.78, 5) is 10.6. The Balaban J connectivity index is 1.40. The molecule has 4 rings (SSSR count). The number of piperidine rings is 1. The standard InChI is InChI=1S/C27H39F3N6O3/c1-26(2)15-19(16-27(3,4)35-26)32-23-20(28)17-31-25(34-23)33-18-6-7-21(22(14-18)39-24(29)30)38-11-5-8-36-9-12-37-13-10-36/h6-7,14,17,19,24,35H,5,8-13,15-16H2,1-4H3,(H2,31,32,33,34). The Kier molecular flexibility index (Phi) is 9.39. The lowest BCUT2D eigenvalue weighted by Gasteiger charge is -2.46. The highest BCUT2D eigenvalue weighted by atomic mass is 19.3. The second kappa shape index (κ2) is 12.6. The number of hydrogen-bond donors (Lipinski definition) is 3. The molecule has 0 amide bonds. The van der Waals surface area contributed by atoms with E-state index in [-0.39, 0.29) is 40.4 Å². The third kappa shape index (κ3) is 8.84. The van der Waals surface area contributed by atoms with Crippen LogP contribution in [0.25, 0.3) is 0 Å². The van der Waals surface area contributed by atoms with E-state index in [9.17, 15) is 13.2 Å². The maximum atomic E-state index is 14.6. The largest absolute Gasteiger partial charge is 0.490 e. The van der Waals surface area contributed by atoms with E-state index in [0.29, 0.717) is 25.5 Å². The fourth-order valence-corrected chi connectivity index (χ4v) is 5.46. The molecule has 0 radical (unpaired) electrons. The summed E-state index contributed by atoms with van der Waals surface area (Å²) in [5.74, 6) is -0.275. The molecule has 0 atom stereocenters. The van der Waals surface area contributed by atoms with Crippen molar-refractivity contribution < 1.29 is 27.4 Å². The van der Waals surface area contributed by atoms with Gasteiger partial charge in [-0.05, 0) is 59.1 Å². The third-order valence-corrected chi connectivity index (χ3v) is 6.67. The number of nitrogens with zero attached hydrogens (tertiary/aromatic N) is 3. The molecule has 1 aromatic heterocycles. The van der Waals surface area contributed by atoms with Crippen LogP contribution in [0.4, 0.5) is 30.6 Å². The SMILES string of the molecule is CC1(C)CC(Nc2nc(Nc3ccc(OCCCN4CCOCC4)c(OC(F)F)c3)ncc2F)CC(C)(C)N1. The summed E-state index contributed by atoms with van der Waals surface area (Å²) in [6.07, 6.45) is 3.38. The number of nitrogens with one attached hydrogen (secondary N) is 3. The molecule has 2 fully saturated rings. The number of anilines is 3. The molecule has 1 aromatic carbocycles. The first-order valence-electron chi connectivity index (χ1n) is 13.4. The number of ether oxygens (including phenoxy) is 3. The van der Waals surface area contributed by atoms with Crippen LogP contribution in [0.1, 0.15) is 47.0 Å². The van der Waals surface area contributed by atoms with E-state index >= 15 is 0 Å². The van der Waals surface area contributed by atoms with E-state index in [1.165, 1.54) is 6.07 Å². The molecule has 2 aliphatic rings. The smallest absolute Gasteiger partial charge is 0.387 e. The maximum Gasteiger partial charge on any atom is 0.387 e. The minimum absolute atomic E-state index is 0.000719. The van der Waals surface area contributed by atoms with Crippen molar-refractivity contribution in [3.05, 3.63) is 30.2 Å². The number of rotatable bonds is 11. The maximum absolute atomic E-state index is 14.6. The van der Waals surface area contributed by atoms with Gasteiger partial charge in [-0.3, -0.25) is 4.90 Å². The molecule has 3 N–H and O–H groups in total. The fourth-order valence-electron chi connectivity index (χ4n) is 5.46. The van der Waals surface area contributed by atoms with Crippen molar-refractivity contribution in [2.45, 2.75) is 70.7 Å². The van der Waals surface area contributed by atoms with Crippen LogP contribution in [0.2, 0.25) is 0 Å². The first-order chi connectivity index (χ1) is 18.5. The van der Waals surface area contributed by atoms with Crippen molar-refractivity contribution >= 4 is 17.5 Å². The molecular weight excluding hydrogens is 513 g/mol. The van der Waals surface area contributed by atoms with E-state index < -0.39 is 12.4 Å². The Bertz CT molecular complexity index is 1080. The van der Waals surface area contributed by atoms with Gasteiger partial charge in [-0.15, -0.1) is 0 Å². The van der Waals surface area contributed by atoms with Gasteiger partial charge >= 0.3 is 6.61 Å². The average Bonchev–Trinajstić information content (AvgIpc) is 2.83. The topological polar surface area (TPSA) is 92.8 Å². The minimum Gasteiger partial charge on any atom is -0.490 e. The summed E-state index contributed by atoms with van der Waals surface area (Å²) >= 11 is 0. The summed E-state index contributed by atoms with van der Waals surface area (Å²) in [5, 5.41) is 9.78. The molecule has 9 nitrogen and oxygen atoms in total. The molecule has 2 saturated heterocycles. The molecular formula is C27H39F3N6O3. The molecule has 0 spiro atoms. The van der Waals surface area contributed by atoms with E-state index in [1.54, 1.807) is 12.1 Å². The average molecular weight is 553 g/mol. The molecule has 0 unspecified atom stereocenters. The third-order valence-electron chi connectivity index (χ3n) is 6.67. The lowest BCUT2D eigenvalue weighted by atomic mass is 9.79. The fraction of sp³-hybridized carbons (Fsp3) is 0.630. The van der Waals surface area contributed by atoms with E-state index in [4.69, 9.17) is 14.2 Å². The molecule has 0 aliphatic carbocycles. The molecule has 39 heavy (non-hydrogen) atoms. The second-order valence-electron chi connectivity index (χ2n) is 11.4. The highest BCUT2D eigenvalue weighted by Crippen LogP contribution is 2.34. The number of morpholine rings is 1. The first kappa shape index (κ1) is 29.2. The van der Waals surface area contributed by atoms with Crippen LogP contribution >= 0.6 is 0 Å². The van der Waals surface area contributed by atoms with Gasteiger partial charge in [-0.1, -0.05) is 0 Å². The van der Waals surface area contributed by atoms with Crippen molar-refractivity contribution in [3.63, 3.8) is 0 Å². The summed E-state index contributed by atoms with van der Waals surface area (Å²) < 4.78 is 56.7. The number of aromatic nitrogens is 2. The molecule has 2 aromatic rings. The van der Waals surface area contributed by atoms with E-state index in [0.717, 1.165) is 45.1 Å². The zero-order valence-electron chi connectivity index (χ0n) is 23.0. The van der Waals surface area contributed by atoms with Crippen molar-refractivity contribution in [3.8, 4) is 11.5 Å². The number of halogens is 3. The quantitative estimate of drug-likeness (QED) is 0.341. The van der Waals surface area contributed by atoms with Gasteiger partial charge in [-0.2, -0.15) is 13.8 Å². The second-order valence-corrected chi connectivity index (χ2v) is 11.4. The van der Waals surface area contributed by atoms with Gasteiger partial charge in [0.15, 0.2) is 23.1 Å². The minimum atomic E-state index is -3.02. The predicted octanol–water partition coefficient (Wildman–Crippen LogP) is 4.78. The van der Waals surface area contributed by atoms with Crippen LogP contribution in [0.5, 0.6) is 11.5 Å². The normalized spacial score (nSPS) is 19.6. The molecule has 0 bridgehead atoms. The molecule has 216 valence electrons. The lowest BCUT2D eigenvalue weighted by Crippen LogP contribution is -2.60. The summed E-state index contributed by atoms with van der Waals surface area (Å²) in [7, 11) is 0. The van der Waals surface area contributed by atoms with Gasteiger partial charge in [-0.25, -0.2) is 9.37 Å². The van der Waals surface area contributed by atoms with Gasteiger partial charge in [0, 0.05) is 48.5 Å². The van der Waals surface area contributed by atoms with E-state index in [2.05, 4.69) is 58.5 Å². The summed E-state index contributed by atoms with van der Waals surface area (Å²) in [6.45, 7) is 9.79. The van der Waals surface area contributed by atoms with Gasteiger partial charge in [0.1, 0.15) is 0 Å². The Labute approximate surface area is 227 Å². The van der Waals surface area contributed by atoms with E-state index in [1.807, 2.05) is 0 Å². The number of hydrogen-bond acceptors (Lipinski definition) is 9. The van der Waals surface area contributed by atoms with Gasteiger partial charge < -0.3 is 30.2 Å². The number of benzene rings is 1. The molecule has 12 heteroatoms. The number of alkyl halides is 2. The Hall–Kier alpha value is -2.83. The van der Waals surface area contributed by atoms with Crippen LogP contribution in [0.15, 0.2) is 24.4 Å². The molecule has 3 heterocycles. The Morgan fingerprint density at radius 2 is 1.85 bits per heavy atom. The van der Waals surface area contributed by atoms with Gasteiger partial charge in [0.05, 0.1) is 26.0 Å². The van der Waals surface area contributed by atoms with Gasteiger partial charge in [0.25, 0.3) is 0 Å². The predicted molar refractivity (Wildman–Crippen MR) is 144 cm³/mol. The van der Waals surface area contributed by atoms with Crippen molar-refractivity contribution in [1.82, 2.24) is 20.2 Å². The summed E-state index contributed by atoms with van der Waals surface area (Å²) in [6, 6.07) is 4.59. The lowest BCUT2D eigenvalue weighted by molar-refractivity contribution is -0.0514. The zero-order chi connectivity index (χ0) is 28.0. The first-order valence-corrected chi connectivity index (χ1v) is 13.4. The molecule has 2 aliphatic heterocycles. The Morgan fingerprint density at radius 1 is 1.13 bits per heavy atom. The monoisotopic (exact) mass is 552 g/mol. The molecule has 0 saturated carbocycles. The van der Waals surface area contributed by atoms with Crippen LogP contribution in [0, 0.1) is 5.82 Å². The Morgan fingerprint density at radius 3 is 2.54 bits per heavy atom. The highest BCUT2D eigenvalue weighted by molar-refractivity contribution is 5.60. The van der Waals surface area contributed by atoms with Gasteiger partial charge in [0.2, 0.25) is 5.95 Å². The van der Waals surface area contributed by atoms with Crippen LogP contribution < -0.4 is 25.4 Å². The van der Waals surface area contributed by atoms with Crippen molar-refractivity contribution in [2.75, 3.05) is 50.1 Å². The summed E-state index contributed by atoms with van der Waals surface area (Å²) in [5.41, 5.74) is 0.141. The van der Waals surface area contributed by atoms with Crippen molar-refractivity contribution in [2.24, 2.45) is 0 Å². The van der Waals surface area contributed by atoms with Crippen molar-refractivity contribution in [1.29, 1.82) is 0 Å². The highest BCUT2D eigenvalue weighted by Gasteiger charge is 2.38. The van der Waals surface area contributed by atoms with Crippen LogP contribution in [0.3, 0.4) is 0 Å². The zero-order valence-corrected chi connectivity index (χ0v) is 23.0. The van der Waals surface area contributed by atoms with Crippen LogP contribution in [-0.2, 0) is 4.74 Å². The van der Waals surface area contributed by atoms with Crippen LogP contribution in [-0.4, -0.2) is 78.1 Å².